The summed E-state index contributed by atoms with van der Waals surface area (Å²) in [7, 11) is 1.57. The van der Waals surface area contributed by atoms with Crippen LogP contribution in [0.5, 0.6) is 0 Å². The summed E-state index contributed by atoms with van der Waals surface area (Å²) in [6, 6.07) is -0.201. The van der Waals surface area contributed by atoms with Crippen LogP contribution in [-0.4, -0.2) is 54.9 Å². The lowest BCUT2D eigenvalue weighted by Crippen LogP contribution is -2.46. The molecule has 0 aromatic heterocycles. The summed E-state index contributed by atoms with van der Waals surface area (Å²) in [4.78, 5) is 23.5. The third-order valence-corrected chi connectivity index (χ3v) is 2.04. The Balaban J connectivity index is 4.01. The quantitative estimate of drug-likeness (QED) is 0.671. The minimum absolute atomic E-state index is 0.0555. The predicted octanol–water partition coefficient (Wildman–Crippen LogP) is 0.527. The molecule has 0 aliphatic heterocycles. The molecule has 0 unspecified atom stereocenters. The van der Waals surface area contributed by atoms with E-state index in [9.17, 15) is 9.59 Å². The highest BCUT2D eigenvalue weighted by molar-refractivity contribution is 5.75. The molecular formula is C10H20N2O4. The highest BCUT2D eigenvalue weighted by atomic mass is 16.5. The number of carboxylic acid groups (broad SMARTS) is 1. The molecule has 0 aromatic rings. The number of hydrogen-bond donors (Lipinski definition) is 2. The van der Waals surface area contributed by atoms with E-state index in [-0.39, 0.29) is 25.0 Å². The van der Waals surface area contributed by atoms with Crippen molar-refractivity contribution in [3.05, 3.63) is 0 Å². The van der Waals surface area contributed by atoms with E-state index in [4.69, 9.17) is 9.84 Å². The smallest absolute Gasteiger partial charge is 0.317 e. The third-order valence-electron chi connectivity index (χ3n) is 2.04. The highest BCUT2D eigenvalue weighted by Gasteiger charge is 2.15. The summed E-state index contributed by atoms with van der Waals surface area (Å²) < 4.78 is 4.90. The first-order chi connectivity index (χ1) is 7.49. The van der Waals surface area contributed by atoms with Gasteiger partial charge in [-0.15, -0.1) is 0 Å². The van der Waals surface area contributed by atoms with E-state index in [1.807, 2.05) is 13.8 Å². The number of nitrogens with one attached hydrogen (secondary N) is 1. The Morgan fingerprint density at radius 1 is 1.44 bits per heavy atom. The lowest BCUT2D eigenvalue weighted by Gasteiger charge is -2.26. The van der Waals surface area contributed by atoms with Crippen LogP contribution in [0, 0.1) is 0 Å². The highest BCUT2D eigenvalue weighted by Crippen LogP contribution is 1.98. The fourth-order valence-electron chi connectivity index (χ4n) is 1.16. The van der Waals surface area contributed by atoms with Crippen LogP contribution in [-0.2, 0) is 9.53 Å². The molecule has 94 valence electrons. The number of nitrogens with zero attached hydrogens (tertiary/aromatic N) is 1. The predicted molar refractivity (Wildman–Crippen MR) is 59.4 cm³/mol. The number of urea groups is 1. The Kier molecular flexibility index (Phi) is 7.28. The van der Waals surface area contributed by atoms with Crippen molar-refractivity contribution in [2.24, 2.45) is 0 Å². The standard InChI is InChI=1S/C10H20N2O4/c1-8(2)12(6-7-16-3)10(15)11-5-4-9(13)14/h8H,4-7H2,1-3H3,(H,11,15)(H,13,14). The normalized spacial score (nSPS) is 10.2. The summed E-state index contributed by atoms with van der Waals surface area (Å²) in [5.41, 5.74) is 0. The molecule has 6 heteroatoms. The van der Waals surface area contributed by atoms with Crippen LogP contribution >= 0.6 is 0 Å². The summed E-state index contributed by atoms with van der Waals surface area (Å²) in [5, 5.41) is 11.0. The van der Waals surface area contributed by atoms with Gasteiger partial charge in [0, 0.05) is 26.2 Å². The monoisotopic (exact) mass is 232 g/mol. The number of amides is 2. The second kappa shape index (κ2) is 7.92. The van der Waals surface area contributed by atoms with Crippen LogP contribution < -0.4 is 5.32 Å². The van der Waals surface area contributed by atoms with Gasteiger partial charge in [-0.25, -0.2) is 4.79 Å². The number of methoxy groups -OCH3 is 1. The first kappa shape index (κ1) is 14.7. The van der Waals surface area contributed by atoms with Crippen molar-refractivity contribution in [2.45, 2.75) is 26.3 Å². The summed E-state index contributed by atoms with van der Waals surface area (Å²) in [5.74, 6) is -0.923. The van der Waals surface area contributed by atoms with Gasteiger partial charge in [0.2, 0.25) is 0 Å². The van der Waals surface area contributed by atoms with Gasteiger partial charge >= 0.3 is 12.0 Å². The number of rotatable bonds is 7. The molecule has 0 rings (SSSR count). The van der Waals surface area contributed by atoms with E-state index in [2.05, 4.69) is 5.32 Å². The number of ether oxygens (including phenoxy) is 1. The molecule has 0 aromatic carbocycles. The first-order valence-corrected chi connectivity index (χ1v) is 5.24. The van der Waals surface area contributed by atoms with E-state index < -0.39 is 5.97 Å². The van der Waals surface area contributed by atoms with Gasteiger partial charge in [-0.2, -0.15) is 0 Å². The van der Waals surface area contributed by atoms with Crippen molar-refractivity contribution in [1.82, 2.24) is 10.2 Å². The zero-order valence-electron chi connectivity index (χ0n) is 10.0. The molecule has 0 spiro atoms. The van der Waals surface area contributed by atoms with Crippen LogP contribution in [0.4, 0.5) is 4.79 Å². The van der Waals surface area contributed by atoms with Gasteiger partial charge in [-0.3, -0.25) is 4.79 Å². The minimum atomic E-state index is -0.923. The summed E-state index contributed by atoms with van der Waals surface area (Å²) in [6.45, 7) is 4.89. The molecule has 0 saturated heterocycles. The van der Waals surface area contributed by atoms with Gasteiger partial charge in [-0.05, 0) is 13.8 Å². The molecule has 0 aliphatic carbocycles. The average Bonchev–Trinajstić information content (AvgIpc) is 2.17. The Bertz CT molecular complexity index is 231. The van der Waals surface area contributed by atoms with Crippen molar-refractivity contribution < 1.29 is 19.4 Å². The maximum atomic E-state index is 11.6. The number of hydrogen-bond acceptors (Lipinski definition) is 3. The van der Waals surface area contributed by atoms with E-state index >= 15 is 0 Å². The molecule has 6 nitrogen and oxygen atoms in total. The van der Waals surface area contributed by atoms with Crippen LogP contribution in [0.15, 0.2) is 0 Å². The van der Waals surface area contributed by atoms with Crippen molar-refractivity contribution in [3.8, 4) is 0 Å². The second-order valence-electron chi connectivity index (χ2n) is 3.66. The maximum absolute atomic E-state index is 11.6. The van der Waals surface area contributed by atoms with E-state index in [1.54, 1.807) is 12.0 Å². The number of carbonyl (C=O) groups excluding carboxylic acids is 1. The van der Waals surface area contributed by atoms with Crippen LogP contribution in [0.25, 0.3) is 0 Å². The lowest BCUT2D eigenvalue weighted by molar-refractivity contribution is -0.136. The van der Waals surface area contributed by atoms with Gasteiger partial charge in [0.1, 0.15) is 0 Å². The topological polar surface area (TPSA) is 78.9 Å². The fourth-order valence-corrected chi connectivity index (χ4v) is 1.16. The summed E-state index contributed by atoms with van der Waals surface area (Å²) >= 11 is 0. The van der Waals surface area contributed by atoms with Crippen molar-refractivity contribution in [2.75, 3.05) is 26.8 Å². The SMILES string of the molecule is COCCN(C(=O)NCCC(=O)O)C(C)C. The molecule has 0 aliphatic rings. The Morgan fingerprint density at radius 2 is 2.06 bits per heavy atom. The Labute approximate surface area is 95.6 Å². The minimum Gasteiger partial charge on any atom is -0.481 e. The first-order valence-electron chi connectivity index (χ1n) is 5.24. The van der Waals surface area contributed by atoms with Crippen molar-refractivity contribution in [3.63, 3.8) is 0 Å². The molecule has 2 N–H and O–H groups in total. The Hall–Kier alpha value is -1.30. The number of carboxylic acids is 1. The molecule has 0 radical (unpaired) electrons. The molecular weight excluding hydrogens is 212 g/mol. The fraction of sp³-hybridized carbons (Fsp3) is 0.800. The largest absolute Gasteiger partial charge is 0.481 e. The molecule has 0 atom stereocenters. The molecule has 0 bridgehead atoms. The number of aliphatic carboxylic acids is 1. The lowest BCUT2D eigenvalue weighted by atomic mass is 10.3. The molecule has 0 fully saturated rings. The van der Waals surface area contributed by atoms with Crippen molar-refractivity contribution in [1.29, 1.82) is 0 Å². The average molecular weight is 232 g/mol. The Morgan fingerprint density at radius 3 is 2.50 bits per heavy atom. The van der Waals surface area contributed by atoms with Gasteiger partial charge < -0.3 is 20.1 Å². The molecule has 0 saturated carbocycles. The van der Waals surface area contributed by atoms with Crippen LogP contribution in [0.3, 0.4) is 0 Å². The maximum Gasteiger partial charge on any atom is 0.317 e. The zero-order chi connectivity index (χ0) is 12.6. The van der Waals surface area contributed by atoms with Gasteiger partial charge in [0.25, 0.3) is 0 Å². The third kappa shape index (κ3) is 6.23. The van der Waals surface area contributed by atoms with Crippen molar-refractivity contribution >= 4 is 12.0 Å². The van der Waals surface area contributed by atoms with Gasteiger partial charge in [0.05, 0.1) is 13.0 Å². The molecule has 2 amide bonds. The van der Waals surface area contributed by atoms with E-state index in [0.29, 0.717) is 13.2 Å². The van der Waals surface area contributed by atoms with E-state index in [1.165, 1.54) is 0 Å². The van der Waals surface area contributed by atoms with Crippen LogP contribution in [0.1, 0.15) is 20.3 Å². The van der Waals surface area contributed by atoms with Gasteiger partial charge in [-0.1, -0.05) is 0 Å². The summed E-state index contributed by atoms with van der Waals surface area (Å²) in [6.07, 6.45) is -0.0675. The number of carbonyl (C=O) groups is 2. The second-order valence-corrected chi connectivity index (χ2v) is 3.66. The molecule has 0 heterocycles. The molecule has 16 heavy (non-hydrogen) atoms. The van der Waals surface area contributed by atoms with Gasteiger partial charge in [0.15, 0.2) is 0 Å². The zero-order valence-corrected chi connectivity index (χ0v) is 10.0. The van der Waals surface area contributed by atoms with Crippen LogP contribution in [0.2, 0.25) is 0 Å². The van der Waals surface area contributed by atoms with E-state index in [0.717, 1.165) is 0 Å².